The topological polar surface area (TPSA) is 80.5 Å². The van der Waals surface area contributed by atoms with Gasteiger partial charge in [0.25, 0.3) is 5.69 Å². The molecule has 6 nitrogen and oxygen atoms in total. The van der Waals surface area contributed by atoms with Crippen molar-refractivity contribution in [2.75, 3.05) is 13.1 Å². The van der Waals surface area contributed by atoms with Crippen molar-refractivity contribution in [3.8, 4) is 0 Å². The monoisotopic (exact) mass is 296 g/mol. The molecule has 1 aromatic rings. The van der Waals surface area contributed by atoms with Crippen LogP contribution in [0.1, 0.15) is 5.56 Å². The van der Waals surface area contributed by atoms with Gasteiger partial charge in [0.15, 0.2) is 0 Å². The quantitative estimate of drug-likeness (QED) is 0.418. The molecule has 0 bridgehead atoms. The van der Waals surface area contributed by atoms with Crippen molar-refractivity contribution in [3.63, 3.8) is 0 Å². The summed E-state index contributed by atoms with van der Waals surface area (Å²) in [4.78, 5) is 10.0. The molecular weight excluding hydrogens is 280 g/mol. The second kappa shape index (κ2) is 6.97. The second-order valence-corrected chi connectivity index (χ2v) is 6.04. The average molecular weight is 296 g/mol. The minimum Gasteiger partial charge on any atom is -0.258 e. The standard InChI is InChI=1S/C13H16N2O4S/c1-3-9-14(10-4-2)20(18,19)11-12-5-7-13(8-6-12)15(16)17/h3-8H,1-2,9-11H2. The number of sulfonamides is 1. The molecule has 0 saturated heterocycles. The van der Waals surface area contributed by atoms with Crippen LogP contribution >= 0.6 is 0 Å². The molecule has 0 radical (unpaired) electrons. The fourth-order valence-electron chi connectivity index (χ4n) is 1.61. The number of nitro groups is 1. The number of non-ortho nitro benzene ring substituents is 1. The van der Waals surface area contributed by atoms with Gasteiger partial charge in [-0.05, 0) is 5.56 Å². The van der Waals surface area contributed by atoms with E-state index in [9.17, 15) is 18.5 Å². The van der Waals surface area contributed by atoms with E-state index in [4.69, 9.17) is 0 Å². The Kier molecular flexibility index (Phi) is 5.60. The molecule has 0 N–H and O–H groups in total. The summed E-state index contributed by atoms with van der Waals surface area (Å²) in [7, 11) is -3.51. The zero-order chi connectivity index (χ0) is 15.2. The molecule has 1 aromatic carbocycles. The largest absolute Gasteiger partial charge is 0.269 e. The van der Waals surface area contributed by atoms with Gasteiger partial charge in [-0.15, -0.1) is 13.2 Å². The van der Waals surface area contributed by atoms with Gasteiger partial charge < -0.3 is 0 Å². The molecule has 0 aliphatic rings. The van der Waals surface area contributed by atoms with Crippen LogP contribution in [-0.2, 0) is 15.8 Å². The van der Waals surface area contributed by atoms with Crippen molar-refractivity contribution >= 4 is 15.7 Å². The molecular formula is C13H16N2O4S. The molecule has 0 aromatic heterocycles. The summed E-state index contributed by atoms with van der Waals surface area (Å²) in [5.74, 6) is -0.216. The first kappa shape index (κ1) is 16.1. The highest BCUT2D eigenvalue weighted by Crippen LogP contribution is 2.16. The average Bonchev–Trinajstić information content (AvgIpc) is 2.38. The van der Waals surface area contributed by atoms with Gasteiger partial charge in [-0.1, -0.05) is 24.3 Å². The first-order valence-corrected chi connectivity index (χ1v) is 7.44. The number of nitrogens with zero attached hydrogens (tertiary/aromatic N) is 2. The summed E-state index contributed by atoms with van der Waals surface area (Å²) in [6.45, 7) is 7.43. The summed E-state index contributed by atoms with van der Waals surface area (Å²) >= 11 is 0. The van der Waals surface area contributed by atoms with E-state index in [2.05, 4.69) is 13.2 Å². The van der Waals surface area contributed by atoms with Crippen molar-refractivity contribution in [1.82, 2.24) is 4.31 Å². The van der Waals surface area contributed by atoms with Crippen LogP contribution in [0.15, 0.2) is 49.6 Å². The van der Waals surface area contributed by atoms with E-state index < -0.39 is 14.9 Å². The maximum absolute atomic E-state index is 12.2. The lowest BCUT2D eigenvalue weighted by molar-refractivity contribution is -0.384. The van der Waals surface area contributed by atoms with Crippen LogP contribution in [0.2, 0.25) is 0 Å². The molecule has 0 amide bonds. The van der Waals surface area contributed by atoms with E-state index in [1.54, 1.807) is 0 Å². The van der Waals surface area contributed by atoms with E-state index in [0.717, 1.165) is 0 Å². The molecule has 1 rings (SSSR count). The Morgan fingerprint density at radius 1 is 1.15 bits per heavy atom. The Labute approximate surface area is 118 Å². The predicted molar refractivity (Wildman–Crippen MR) is 77.7 cm³/mol. The first-order chi connectivity index (χ1) is 9.40. The van der Waals surface area contributed by atoms with Gasteiger partial charge >= 0.3 is 0 Å². The number of benzene rings is 1. The minimum absolute atomic E-state index is 0.0693. The Morgan fingerprint density at radius 2 is 1.65 bits per heavy atom. The van der Waals surface area contributed by atoms with Crippen molar-refractivity contribution in [2.45, 2.75) is 5.75 Å². The molecule has 7 heteroatoms. The Balaban J connectivity index is 2.91. The van der Waals surface area contributed by atoms with Gasteiger partial charge in [-0.25, -0.2) is 8.42 Å². The first-order valence-electron chi connectivity index (χ1n) is 5.83. The fraction of sp³-hybridized carbons (Fsp3) is 0.231. The van der Waals surface area contributed by atoms with Crippen LogP contribution in [0.4, 0.5) is 5.69 Å². The smallest absolute Gasteiger partial charge is 0.258 e. The van der Waals surface area contributed by atoms with Gasteiger partial charge in [0.1, 0.15) is 0 Å². The van der Waals surface area contributed by atoms with Crippen molar-refractivity contribution in [3.05, 3.63) is 65.3 Å². The SMILES string of the molecule is C=CCN(CC=C)S(=O)(=O)Cc1ccc([N+](=O)[O-])cc1. The zero-order valence-electron chi connectivity index (χ0n) is 10.9. The van der Waals surface area contributed by atoms with Crippen LogP contribution in [0.5, 0.6) is 0 Å². The van der Waals surface area contributed by atoms with Crippen molar-refractivity contribution < 1.29 is 13.3 Å². The van der Waals surface area contributed by atoms with E-state index in [1.165, 1.54) is 40.7 Å². The molecule has 20 heavy (non-hydrogen) atoms. The van der Waals surface area contributed by atoms with Gasteiger partial charge in [-0.3, -0.25) is 10.1 Å². The molecule has 0 fully saturated rings. The summed E-state index contributed by atoms with van der Waals surface area (Å²) in [5, 5.41) is 10.5. The molecule has 0 saturated carbocycles. The maximum atomic E-state index is 12.2. The molecule has 108 valence electrons. The van der Waals surface area contributed by atoms with Crippen LogP contribution in [-0.4, -0.2) is 30.7 Å². The number of nitro benzene ring substituents is 1. The molecule has 0 atom stereocenters. The van der Waals surface area contributed by atoms with Gasteiger partial charge in [0, 0.05) is 25.2 Å². The maximum Gasteiger partial charge on any atom is 0.269 e. The molecule has 0 spiro atoms. The van der Waals surface area contributed by atoms with Crippen LogP contribution in [0.25, 0.3) is 0 Å². The number of rotatable bonds is 8. The highest BCUT2D eigenvalue weighted by Gasteiger charge is 2.20. The second-order valence-electron chi connectivity index (χ2n) is 4.07. The van der Waals surface area contributed by atoms with Crippen LogP contribution in [0, 0.1) is 10.1 Å². The number of hydrogen-bond donors (Lipinski definition) is 0. The molecule has 0 unspecified atom stereocenters. The molecule has 0 heterocycles. The lowest BCUT2D eigenvalue weighted by atomic mass is 10.2. The summed E-state index contributed by atoms with van der Waals surface area (Å²) in [6.07, 6.45) is 2.99. The van der Waals surface area contributed by atoms with Crippen molar-refractivity contribution in [1.29, 1.82) is 0 Å². The van der Waals surface area contributed by atoms with Crippen LogP contribution in [0.3, 0.4) is 0 Å². The highest BCUT2D eigenvalue weighted by atomic mass is 32.2. The van der Waals surface area contributed by atoms with E-state index in [1.807, 2.05) is 0 Å². The lowest BCUT2D eigenvalue weighted by Gasteiger charge is -2.18. The molecule has 0 aliphatic heterocycles. The third kappa shape index (κ3) is 4.29. The Morgan fingerprint density at radius 3 is 2.05 bits per heavy atom. The normalized spacial score (nSPS) is 11.2. The number of hydrogen-bond acceptors (Lipinski definition) is 4. The Hall–Kier alpha value is -1.99. The van der Waals surface area contributed by atoms with E-state index in [0.29, 0.717) is 5.56 Å². The fourth-order valence-corrected chi connectivity index (χ4v) is 3.07. The Bertz CT molecular complexity index is 583. The zero-order valence-corrected chi connectivity index (χ0v) is 11.8. The molecule has 0 aliphatic carbocycles. The van der Waals surface area contributed by atoms with Gasteiger partial charge in [-0.2, -0.15) is 4.31 Å². The van der Waals surface area contributed by atoms with E-state index in [-0.39, 0.29) is 24.5 Å². The summed E-state index contributed by atoms with van der Waals surface area (Å²) in [6, 6.07) is 5.46. The summed E-state index contributed by atoms with van der Waals surface area (Å²) < 4.78 is 25.6. The third-order valence-electron chi connectivity index (χ3n) is 2.56. The minimum atomic E-state index is -3.51. The van der Waals surface area contributed by atoms with E-state index >= 15 is 0 Å². The van der Waals surface area contributed by atoms with Crippen LogP contribution < -0.4 is 0 Å². The lowest BCUT2D eigenvalue weighted by Crippen LogP contribution is -2.32. The van der Waals surface area contributed by atoms with Gasteiger partial charge in [0.2, 0.25) is 10.0 Å². The van der Waals surface area contributed by atoms with Crippen molar-refractivity contribution in [2.24, 2.45) is 0 Å². The predicted octanol–water partition coefficient (Wildman–Crippen LogP) is 2.10. The van der Waals surface area contributed by atoms with Gasteiger partial charge in [0.05, 0.1) is 10.7 Å². The third-order valence-corrected chi connectivity index (χ3v) is 4.34. The summed E-state index contributed by atoms with van der Waals surface area (Å²) in [5.41, 5.74) is 0.425. The highest BCUT2D eigenvalue weighted by molar-refractivity contribution is 7.88.